The number of amides is 1. The molecule has 2 aromatic carbocycles. The first-order chi connectivity index (χ1) is 11.1. The second-order valence-corrected chi connectivity index (χ2v) is 5.97. The zero-order chi connectivity index (χ0) is 16.2. The van der Waals surface area contributed by atoms with E-state index < -0.39 is 0 Å². The van der Waals surface area contributed by atoms with Crippen LogP contribution in [0.3, 0.4) is 0 Å². The fraction of sp³-hybridized carbons (Fsp3) is 0.125. The van der Waals surface area contributed by atoms with E-state index in [0.29, 0.717) is 12.2 Å². The maximum absolute atomic E-state index is 12.1. The first-order valence-corrected chi connectivity index (χ1v) is 7.78. The Balaban J connectivity index is 1.65. The van der Waals surface area contributed by atoms with Crippen LogP contribution in [-0.2, 0) is 18.3 Å². The molecule has 23 heavy (non-hydrogen) atoms. The number of carbonyl (C=O) groups excluding carboxylic acids is 1. The Morgan fingerprint density at radius 2 is 1.83 bits per heavy atom. The number of rotatable bonds is 4. The summed E-state index contributed by atoms with van der Waals surface area (Å²) < 4.78 is 2.59. The molecule has 0 bridgehead atoms. The first-order valence-electron chi connectivity index (χ1n) is 6.99. The number of tetrazole rings is 1. The van der Waals surface area contributed by atoms with Gasteiger partial charge in [-0.3, -0.25) is 4.79 Å². The van der Waals surface area contributed by atoms with Gasteiger partial charge in [0.15, 0.2) is 5.82 Å². The summed E-state index contributed by atoms with van der Waals surface area (Å²) in [7, 11) is 1.78. The van der Waals surface area contributed by atoms with Crippen LogP contribution in [0.1, 0.15) is 5.56 Å². The molecule has 1 aromatic heterocycles. The van der Waals surface area contributed by atoms with Gasteiger partial charge in [0, 0.05) is 22.8 Å². The minimum absolute atomic E-state index is 0.0552. The molecule has 1 amide bonds. The average Bonchev–Trinajstić information content (AvgIpc) is 2.96. The zero-order valence-electron chi connectivity index (χ0n) is 12.4. The van der Waals surface area contributed by atoms with E-state index >= 15 is 0 Å². The molecule has 6 nitrogen and oxygen atoms in total. The Bertz CT molecular complexity index is 811. The number of benzene rings is 2. The molecule has 7 heteroatoms. The van der Waals surface area contributed by atoms with Gasteiger partial charge in [-0.1, -0.05) is 28.1 Å². The summed E-state index contributed by atoms with van der Waals surface area (Å²) in [6.45, 7) is 0. The molecule has 116 valence electrons. The number of aromatic nitrogens is 4. The number of hydrogen-bond acceptors (Lipinski definition) is 4. The van der Waals surface area contributed by atoms with Gasteiger partial charge in [-0.15, -0.1) is 5.10 Å². The number of nitrogens with zero attached hydrogens (tertiary/aromatic N) is 4. The van der Waals surface area contributed by atoms with Crippen LogP contribution < -0.4 is 5.32 Å². The van der Waals surface area contributed by atoms with Gasteiger partial charge >= 0.3 is 0 Å². The average molecular weight is 372 g/mol. The van der Waals surface area contributed by atoms with Crippen molar-refractivity contribution in [2.24, 2.45) is 7.05 Å². The number of carbonyl (C=O) groups is 1. The third-order valence-electron chi connectivity index (χ3n) is 3.32. The van der Waals surface area contributed by atoms with Crippen LogP contribution in [0.15, 0.2) is 53.0 Å². The minimum atomic E-state index is -0.0552. The van der Waals surface area contributed by atoms with Crippen LogP contribution in [0, 0.1) is 0 Å². The third kappa shape index (κ3) is 3.81. The summed E-state index contributed by atoms with van der Waals surface area (Å²) in [6.07, 6.45) is 0.336. The van der Waals surface area contributed by atoms with E-state index in [1.807, 2.05) is 48.5 Å². The highest BCUT2D eigenvalue weighted by molar-refractivity contribution is 9.10. The van der Waals surface area contributed by atoms with Crippen LogP contribution >= 0.6 is 15.9 Å². The molecular formula is C16H14BrN5O. The maximum Gasteiger partial charge on any atom is 0.228 e. The lowest BCUT2D eigenvalue weighted by molar-refractivity contribution is -0.115. The van der Waals surface area contributed by atoms with Gasteiger partial charge in [0.25, 0.3) is 0 Å². The Labute approximate surface area is 141 Å². The highest BCUT2D eigenvalue weighted by Gasteiger charge is 2.07. The molecule has 0 radical (unpaired) electrons. The van der Waals surface area contributed by atoms with E-state index in [0.717, 1.165) is 21.3 Å². The van der Waals surface area contributed by atoms with Crippen molar-refractivity contribution in [3.63, 3.8) is 0 Å². The van der Waals surface area contributed by atoms with Gasteiger partial charge in [0.05, 0.1) is 6.42 Å². The van der Waals surface area contributed by atoms with E-state index in [2.05, 4.69) is 36.8 Å². The quantitative estimate of drug-likeness (QED) is 0.765. The van der Waals surface area contributed by atoms with E-state index in [9.17, 15) is 4.79 Å². The number of halogens is 1. The molecule has 1 heterocycles. The number of hydrogen-bond donors (Lipinski definition) is 1. The predicted molar refractivity (Wildman–Crippen MR) is 90.7 cm³/mol. The summed E-state index contributed by atoms with van der Waals surface area (Å²) >= 11 is 3.38. The molecule has 0 fully saturated rings. The summed E-state index contributed by atoms with van der Waals surface area (Å²) in [5.74, 6) is 0.623. The molecule has 0 atom stereocenters. The van der Waals surface area contributed by atoms with Crippen molar-refractivity contribution >= 4 is 27.5 Å². The van der Waals surface area contributed by atoms with Gasteiger partial charge < -0.3 is 5.32 Å². The van der Waals surface area contributed by atoms with Crippen molar-refractivity contribution < 1.29 is 4.79 Å². The van der Waals surface area contributed by atoms with Crippen LogP contribution in [0.5, 0.6) is 0 Å². The lowest BCUT2D eigenvalue weighted by Crippen LogP contribution is -2.14. The van der Waals surface area contributed by atoms with Crippen molar-refractivity contribution in [2.75, 3.05) is 5.32 Å². The SMILES string of the molecule is Cn1nnnc1-c1ccc(NC(=O)Cc2ccc(Br)cc2)cc1. The molecule has 3 rings (SSSR count). The molecule has 0 spiro atoms. The van der Waals surface area contributed by atoms with Gasteiger partial charge in [-0.05, 0) is 52.4 Å². The highest BCUT2D eigenvalue weighted by atomic mass is 79.9. The molecule has 1 N–H and O–H groups in total. The molecular weight excluding hydrogens is 358 g/mol. The predicted octanol–water partition coefficient (Wildman–Crippen LogP) is 2.82. The van der Waals surface area contributed by atoms with E-state index in [4.69, 9.17) is 0 Å². The summed E-state index contributed by atoms with van der Waals surface area (Å²) in [4.78, 5) is 12.1. The van der Waals surface area contributed by atoms with Crippen LogP contribution in [-0.4, -0.2) is 26.1 Å². The van der Waals surface area contributed by atoms with Crippen molar-refractivity contribution in [1.29, 1.82) is 0 Å². The fourth-order valence-electron chi connectivity index (χ4n) is 2.17. The lowest BCUT2D eigenvalue weighted by Gasteiger charge is -2.06. The largest absolute Gasteiger partial charge is 0.326 e. The molecule has 0 unspecified atom stereocenters. The Morgan fingerprint density at radius 3 is 2.43 bits per heavy atom. The summed E-state index contributed by atoms with van der Waals surface area (Å²) in [6, 6.07) is 15.1. The second-order valence-electron chi connectivity index (χ2n) is 5.05. The number of anilines is 1. The maximum atomic E-state index is 12.1. The normalized spacial score (nSPS) is 10.5. The van der Waals surface area contributed by atoms with E-state index in [-0.39, 0.29) is 5.91 Å². The Kier molecular flexibility index (Phi) is 4.47. The van der Waals surface area contributed by atoms with Crippen LogP contribution in [0.2, 0.25) is 0 Å². The van der Waals surface area contributed by atoms with Crippen molar-refractivity contribution in [3.8, 4) is 11.4 Å². The molecule has 0 aliphatic heterocycles. The molecule has 0 aliphatic rings. The fourth-order valence-corrected chi connectivity index (χ4v) is 2.43. The van der Waals surface area contributed by atoms with E-state index in [1.54, 1.807) is 11.7 Å². The highest BCUT2D eigenvalue weighted by Crippen LogP contribution is 2.18. The van der Waals surface area contributed by atoms with Gasteiger partial charge in [-0.2, -0.15) is 0 Å². The second kappa shape index (κ2) is 6.70. The first kappa shape index (κ1) is 15.4. The number of nitrogens with one attached hydrogen (secondary N) is 1. The van der Waals surface area contributed by atoms with Crippen LogP contribution in [0.25, 0.3) is 11.4 Å². The van der Waals surface area contributed by atoms with E-state index in [1.165, 1.54) is 0 Å². The molecule has 3 aromatic rings. The topological polar surface area (TPSA) is 72.7 Å². The van der Waals surface area contributed by atoms with Gasteiger partial charge in [0.1, 0.15) is 0 Å². The van der Waals surface area contributed by atoms with Crippen LogP contribution in [0.4, 0.5) is 5.69 Å². The number of aryl methyl sites for hydroxylation is 1. The van der Waals surface area contributed by atoms with Crippen molar-refractivity contribution in [1.82, 2.24) is 20.2 Å². The molecule has 0 aliphatic carbocycles. The lowest BCUT2D eigenvalue weighted by atomic mass is 10.1. The summed E-state index contributed by atoms with van der Waals surface area (Å²) in [5, 5.41) is 14.2. The monoisotopic (exact) mass is 371 g/mol. The van der Waals surface area contributed by atoms with Crippen molar-refractivity contribution in [3.05, 3.63) is 58.6 Å². The van der Waals surface area contributed by atoms with Gasteiger partial charge in [0.2, 0.25) is 5.91 Å². The zero-order valence-corrected chi connectivity index (χ0v) is 14.0. The summed E-state index contributed by atoms with van der Waals surface area (Å²) in [5.41, 5.74) is 2.60. The van der Waals surface area contributed by atoms with Gasteiger partial charge in [-0.25, -0.2) is 4.68 Å². The third-order valence-corrected chi connectivity index (χ3v) is 3.85. The molecule has 0 saturated heterocycles. The minimum Gasteiger partial charge on any atom is -0.326 e. The van der Waals surface area contributed by atoms with Crippen molar-refractivity contribution in [2.45, 2.75) is 6.42 Å². The smallest absolute Gasteiger partial charge is 0.228 e. The Morgan fingerprint density at radius 1 is 1.13 bits per heavy atom. The Hall–Kier alpha value is -2.54. The standard InChI is InChI=1S/C16H14BrN5O/c1-22-16(19-20-21-22)12-4-8-14(9-5-12)18-15(23)10-11-2-6-13(17)7-3-11/h2-9H,10H2,1H3,(H,18,23). The molecule has 0 saturated carbocycles.